The molecule has 1 amide bonds. The topological polar surface area (TPSA) is 58.6 Å². The Labute approximate surface area is 113 Å². The third-order valence-electron chi connectivity index (χ3n) is 3.87. The summed E-state index contributed by atoms with van der Waals surface area (Å²) in [5.41, 5.74) is 0.469. The summed E-state index contributed by atoms with van der Waals surface area (Å²) in [6, 6.07) is 4.96. The average molecular weight is 263 g/mol. The van der Waals surface area contributed by atoms with E-state index in [9.17, 15) is 9.90 Å². The van der Waals surface area contributed by atoms with Gasteiger partial charge < -0.3 is 15.2 Å². The van der Waals surface area contributed by atoms with E-state index in [2.05, 4.69) is 12.2 Å². The highest BCUT2D eigenvalue weighted by Crippen LogP contribution is 2.27. The summed E-state index contributed by atoms with van der Waals surface area (Å²) in [6.45, 7) is 2.18. The summed E-state index contributed by atoms with van der Waals surface area (Å²) in [6.07, 6.45) is 4.62. The molecular weight excluding hydrogens is 242 g/mol. The first-order valence-electron chi connectivity index (χ1n) is 6.79. The largest absolute Gasteiger partial charge is 0.504 e. The molecule has 4 nitrogen and oxygen atoms in total. The summed E-state index contributed by atoms with van der Waals surface area (Å²) in [5.74, 6) is 0.760. The third kappa shape index (κ3) is 3.19. The predicted molar refractivity (Wildman–Crippen MR) is 73.5 cm³/mol. The normalized spacial score (nSPS) is 22.8. The highest BCUT2D eigenvalue weighted by atomic mass is 16.5. The van der Waals surface area contributed by atoms with Crippen LogP contribution in [0.1, 0.15) is 43.0 Å². The van der Waals surface area contributed by atoms with E-state index in [4.69, 9.17) is 4.74 Å². The zero-order valence-electron chi connectivity index (χ0n) is 11.5. The molecule has 19 heavy (non-hydrogen) atoms. The number of aromatic hydroxyl groups is 1. The maximum atomic E-state index is 12.1. The molecular formula is C15H21NO3. The number of ether oxygens (including phenoxy) is 1. The summed E-state index contributed by atoms with van der Waals surface area (Å²) in [5, 5.41) is 12.8. The standard InChI is InChI=1S/C15H21NO3/c1-10-5-3-4-6-12(10)16-15(18)11-7-8-14(19-2)13(17)9-11/h7-10,12,17H,3-6H2,1-2H3,(H,16,18). The number of benzene rings is 1. The van der Waals surface area contributed by atoms with Gasteiger partial charge in [0.25, 0.3) is 5.91 Å². The van der Waals surface area contributed by atoms with Gasteiger partial charge in [-0.25, -0.2) is 0 Å². The van der Waals surface area contributed by atoms with Crippen molar-refractivity contribution in [3.63, 3.8) is 0 Å². The zero-order chi connectivity index (χ0) is 13.8. The van der Waals surface area contributed by atoms with Gasteiger partial charge in [-0.3, -0.25) is 4.79 Å². The number of methoxy groups -OCH3 is 1. The van der Waals surface area contributed by atoms with Crippen LogP contribution in [0.5, 0.6) is 11.5 Å². The van der Waals surface area contributed by atoms with Gasteiger partial charge in [-0.2, -0.15) is 0 Å². The van der Waals surface area contributed by atoms with E-state index >= 15 is 0 Å². The lowest BCUT2D eigenvalue weighted by Crippen LogP contribution is -2.41. The summed E-state index contributed by atoms with van der Waals surface area (Å²) in [4.78, 5) is 12.1. The Hall–Kier alpha value is -1.71. The van der Waals surface area contributed by atoms with Crippen molar-refractivity contribution in [3.8, 4) is 11.5 Å². The molecule has 2 atom stereocenters. The van der Waals surface area contributed by atoms with E-state index in [1.165, 1.54) is 32.4 Å². The lowest BCUT2D eigenvalue weighted by Gasteiger charge is -2.29. The number of amides is 1. The molecule has 0 saturated heterocycles. The lowest BCUT2D eigenvalue weighted by molar-refractivity contribution is 0.0910. The molecule has 0 aliphatic heterocycles. The Kier molecular flexibility index (Phi) is 4.30. The Balaban J connectivity index is 2.05. The molecule has 1 aromatic carbocycles. The fourth-order valence-electron chi connectivity index (χ4n) is 2.61. The first kappa shape index (κ1) is 13.7. The van der Waals surface area contributed by atoms with Gasteiger partial charge in [0.2, 0.25) is 0 Å². The minimum Gasteiger partial charge on any atom is -0.504 e. The number of phenolic OH excluding ortho intramolecular Hbond substituents is 1. The molecule has 2 rings (SSSR count). The van der Waals surface area contributed by atoms with Gasteiger partial charge in [-0.05, 0) is 37.0 Å². The highest BCUT2D eigenvalue weighted by Gasteiger charge is 2.23. The SMILES string of the molecule is COc1ccc(C(=O)NC2CCCCC2C)cc1O. The van der Waals surface area contributed by atoms with Crippen LogP contribution in [-0.4, -0.2) is 24.2 Å². The smallest absolute Gasteiger partial charge is 0.251 e. The Morgan fingerprint density at radius 1 is 1.37 bits per heavy atom. The van der Waals surface area contributed by atoms with Crippen LogP contribution in [0, 0.1) is 5.92 Å². The van der Waals surface area contributed by atoms with Gasteiger partial charge in [-0.1, -0.05) is 19.8 Å². The molecule has 0 heterocycles. The first-order chi connectivity index (χ1) is 9.11. The van der Waals surface area contributed by atoms with Crippen LogP contribution in [0.3, 0.4) is 0 Å². The molecule has 1 fully saturated rings. The first-order valence-corrected chi connectivity index (χ1v) is 6.79. The van der Waals surface area contributed by atoms with Gasteiger partial charge in [0.05, 0.1) is 7.11 Å². The molecule has 0 aromatic heterocycles. The number of carbonyl (C=O) groups excluding carboxylic acids is 1. The number of phenols is 1. The van der Waals surface area contributed by atoms with Gasteiger partial charge in [-0.15, -0.1) is 0 Å². The molecule has 2 N–H and O–H groups in total. The molecule has 1 aliphatic carbocycles. The Bertz CT molecular complexity index is 459. The van der Waals surface area contributed by atoms with Crippen molar-refractivity contribution in [1.82, 2.24) is 5.32 Å². The van der Waals surface area contributed by atoms with E-state index in [-0.39, 0.29) is 17.7 Å². The maximum Gasteiger partial charge on any atom is 0.251 e. The van der Waals surface area contributed by atoms with E-state index in [0.29, 0.717) is 17.2 Å². The fourth-order valence-corrected chi connectivity index (χ4v) is 2.61. The van der Waals surface area contributed by atoms with Gasteiger partial charge in [0.15, 0.2) is 11.5 Å². The van der Waals surface area contributed by atoms with Crippen LogP contribution in [0.2, 0.25) is 0 Å². The lowest BCUT2D eigenvalue weighted by atomic mass is 9.86. The van der Waals surface area contributed by atoms with Crippen LogP contribution >= 0.6 is 0 Å². The van der Waals surface area contributed by atoms with E-state index < -0.39 is 0 Å². The molecule has 1 saturated carbocycles. The molecule has 1 aromatic rings. The summed E-state index contributed by atoms with van der Waals surface area (Å²) >= 11 is 0. The van der Waals surface area contributed by atoms with E-state index in [1.807, 2.05) is 0 Å². The van der Waals surface area contributed by atoms with Crippen molar-refractivity contribution < 1.29 is 14.6 Å². The molecule has 2 unspecified atom stereocenters. The van der Waals surface area contributed by atoms with E-state index in [0.717, 1.165) is 6.42 Å². The van der Waals surface area contributed by atoms with E-state index in [1.54, 1.807) is 12.1 Å². The molecule has 0 spiro atoms. The highest BCUT2D eigenvalue weighted by molar-refractivity contribution is 5.95. The van der Waals surface area contributed by atoms with Crippen LogP contribution in [0.15, 0.2) is 18.2 Å². The molecule has 4 heteroatoms. The predicted octanol–water partition coefficient (Wildman–Crippen LogP) is 2.71. The second kappa shape index (κ2) is 5.95. The van der Waals surface area contributed by atoms with Gasteiger partial charge in [0, 0.05) is 11.6 Å². The molecule has 1 aliphatic rings. The third-order valence-corrected chi connectivity index (χ3v) is 3.87. The minimum absolute atomic E-state index is 0.00755. The van der Waals surface area contributed by atoms with Crippen molar-refractivity contribution >= 4 is 5.91 Å². The van der Waals surface area contributed by atoms with Crippen LogP contribution in [0.25, 0.3) is 0 Å². The Morgan fingerprint density at radius 3 is 2.74 bits per heavy atom. The fraction of sp³-hybridized carbons (Fsp3) is 0.533. The number of carbonyl (C=O) groups is 1. The number of nitrogens with one attached hydrogen (secondary N) is 1. The molecule has 0 radical (unpaired) electrons. The monoisotopic (exact) mass is 263 g/mol. The summed E-state index contributed by atoms with van der Waals surface area (Å²) in [7, 11) is 1.48. The number of hydrogen-bond donors (Lipinski definition) is 2. The van der Waals surface area contributed by atoms with Gasteiger partial charge in [0.1, 0.15) is 0 Å². The van der Waals surface area contributed by atoms with Crippen molar-refractivity contribution in [3.05, 3.63) is 23.8 Å². The number of hydrogen-bond acceptors (Lipinski definition) is 3. The van der Waals surface area contributed by atoms with Crippen molar-refractivity contribution in [1.29, 1.82) is 0 Å². The van der Waals surface area contributed by atoms with Crippen LogP contribution in [-0.2, 0) is 0 Å². The molecule has 104 valence electrons. The van der Waals surface area contributed by atoms with Gasteiger partial charge >= 0.3 is 0 Å². The van der Waals surface area contributed by atoms with Crippen LogP contribution in [0.4, 0.5) is 0 Å². The van der Waals surface area contributed by atoms with Crippen molar-refractivity contribution in [2.45, 2.75) is 38.6 Å². The van der Waals surface area contributed by atoms with Crippen molar-refractivity contribution in [2.24, 2.45) is 5.92 Å². The minimum atomic E-state index is -0.128. The average Bonchev–Trinajstić information content (AvgIpc) is 2.41. The zero-order valence-corrected chi connectivity index (χ0v) is 11.5. The summed E-state index contributed by atoms with van der Waals surface area (Å²) < 4.78 is 4.97. The Morgan fingerprint density at radius 2 is 2.11 bits per heavy atom. The molecule has 0 bridgehead atoms. The quantitative estimate of drug-likeness (QED) is 0.881. The van der Waals surface area contributed by atoms with Crippen LogP contribution < -0.4 is 10.1 Å². The number of rotatable bonds is 3. The second-order valence-corrected chi connectivity index (χ2v) is 5.23. The van der Waals surface area contributed by atoms with Crippen molar-refractivity contribution in [2.75, 3.05) is 7.11 Å². The maximum absolute atomic E-state index is 12.1. The second-order valence-electron chi connectivity index (χ2n) is 5.23.